The molecule has 5 nitrogen and oxygen atoms in total. The van der Waals surface area contributed by atoms with Crippen LogP contribution in [0.1, 0.15) is 23.2 Å². The zero-order valence-corrected chi connectivity index (χ0v) is 18.2. The SMILES string of the molecule is OC[C@@H]1[C@@H](Cc2ccnc(-c3cccc(C(F)(F)F)c3)n2)[C@H](NCc2ccc(F)cc2)C[C@H]1O. The van der Waals surface area contributed by atoms with Crippen LogP contribution in [0.3, 0.4) is 0 Å². The summed E-state index contributed by atoms with van der Waals surface area (Å²) >= 11 is 0. The van der Waals surface area contributed by atoms with Crippen LogP contribution in [0.5, 0.6) is 0 Å². The summed E-state index contributed by atoms with van der Waals surface area (Å²) in [6.07, 6.45) is -2.84. The van der Waals surface area contributed by atoms with Gasteiger partial charge < -0.3 is 15.5 Å². The second-order valence-electron chi connectivity index (χ2n) is 8.58. The molecular weight excluding hydrogens is 450 g/mol. The van der Waals surface area contributed by atoms with Gasteiger partial charge in [-0.25, -0.2) is 14.4 Å². The van der Waals surface area contributed by atoms with Crippen molar-refractivity contribution in [2.75, 3.05) is 6.61 Å². The number of rotatable bonds is 7. The van der Waals surface area contributed by atoms with Crippen LogP contribution in [0.15, 0.2) is 60.8 Å². The summed E-state index contributed by atoms with van der Waals surface area (Å²) in [4.78, 5) is 8.61. The first-order valence-electron chi connectivity index (χ1n) is 11.0. The van der Waals surface area contributed by atoms with Gasteiger partial charge in [0.1, 0.15) is 5.82 Å². The van der Waals surface area contributed by atoms with E-state index in [1.165, 1.54) is 30.5 Å². The maximum Gasteiger partial charge on any atom is 0.416 e. The Balaban J connectivity index is 1.52. The average molecular weight is 475 g/mol. The van der Waals surface area contributed by atoms with Crippen molar-refractivity contribution in [1.29, 1.82) is 0 Å². The smallest absolute Gasteiger partial charge is 0.396 e. The molecule has 9 heteroatoms. The Hall–Kier alpha value is -2.88. The lowest BCUT2D eigenvalue weighted by Gasteiger charge is -2.25. The van der Waals surface area contributed by atoms with Crippen molar-refractivity contribution in [1.82, 2.24) is 15.3 Å². The second-order valence-corrected chi connectivity index (χ2v) is 8.58. The number of benzene rings is 2. The summed E-state index contributed by atoms with van der Waals surface area (Å²) < 4.78 is 52.5. The molecule has 3 N–H and O–H groups in total. The molecule has 3 aromatic rings. The number of alkyl halides is 3. The van der Waals surface area contributed by atoms with Gasteiger partial charge in [-0.3, -0.25) is 0 Å². The first-order valence-corrected chi connectivity index (χ1v) is 11.0. The maximum absolute atomic E-state index is 13.2. The van der Waals surface area contributed by atoms with E-state index in [2.05, 4.69) is 15.3 Å². The molecule has 180 valence electrons. The van der Waals surface area contributed by atoms with Gasteiger partial charge in [0.05, 0.1) is 11.7 Å². The van der Waals surface area contributed by atoms with Gasteiger partial charge in [-0.05, 0) is 54.7 Å². The van der Waals surface area contributed by atoms with E-state index in [0.29, 0.717) is 25.1 Å². The van der Waals surface area contributed by atoms with Gasteiger partial charge in [-0.2, -0.15) is 13.2 Å². The lowest BCUT2D eigenvalue weighted by atomic mass is 9.88. The Kier molecular flexibility index (Phi) is 7.25. The lowest BCUT2D eigenvalue weighted by Crippen LogP contribution is -2.36. The van der Waals surface area contributed by atoms with Crippen molar-refractivity contribution in [2.24, 2.45) is 11.8 Å². The molecule has 4 rings (SSSR count). The van der Waals surface area contributed by atoms with Crippen LogP contribution >= 0.6 is 0 Å². The molecule has 0 aliphatic heterocycles. The molecule has 1 aliphatic carbocycles. The van der Waals surface area contributed by atoms with Crippen LogP contribution < -0.4 is 5.32 Å². The van der Waals surface area contributed by atoms with Crippen LogP contribution in [0, 0.1) is 17.7 Å². The monoisotopic (exact) mass is 475 g/mol. The van der Waals surface area contributed by atoms with E-state index in [0.717, 1.165) is 17.7 Å². The number of nitrogens with zero attached hydrogens (tertiary/aromatic N) is 2. The maximum atomic E-state index is 13.2. The second kappa shape index (κ2) is 10.2. The molecule has 1 aliphatic rings. The number of hydrogen-bond acceptors (Lipinski definition) is 5. The van der Waals surface area contributed by atoms with Gasteiger partial charge in [0.15, 0.2) is 5.82 Å². The van der Waals surface area contributed by atoms with Gasteiger partial charge in [-0.15, -0.1) is 0 Å². The largest absolute Gasteiger partial charge is 0.416 e. The van der Waals surface area contributed by atoms with Crippen LogP contribution in [-0.2, 0) is 19.1 Å². The minimum Gasteiger partial charge on any atom is -0.396 e. The minimum absolute atomic E-state index is 0.135. The quantitative estimate of drug-likeness (QED) is 0.451. The molecule has 1 heterocycles. The topological polar surface area (TPSA) is 78.3 Å². The van der Waals surface area contributed by atoms with Crippen molar-refractivity contribution in [3.05, 3.63) is 83.4 Å². The summed E-state index contributed by atoms with van der Waals surface area (Å²) in [6, 6.07) is 12.5. The van der Waals surface area contributed by atoms with Gasteiger partial charge >= 0.3 is 6.18 Å². The molecule has 0 spiro atoms. The molecule has 4 atom stereocenters. The van der Waals surface area contributed by atoms with E-state index >= 15 is 0 Å². The Morgan fingerprint density at radius 2 is 1.79 bits per heavy atom. The molecule has 1 aromatic heterocycles. The predicted molar refractivity (Wildman–Crippen MR) is 118 cm³/mol. The van der Waals surface area contributed by atoms with E-state index in [4.69, 9.17) is 0 Å². The van der Waals surface area contributed by atoms with E-state index in [9.17, 15) is 27.8 Å². The van der Waals surface area contributed by atoms with Gasteiger partial charge in [0.25, 0.3) is 0 Å². The van der Waals surface area contributed by atoms with E-state index in [1.54, 1.807) is 18.2 Å². The van der Waals surface area contributed by atoms with Crippen molar-refractivity contribution >= 4 is 0 Å². The Morgan fingerprint density at radius 3 is 2.50 bits per heavy atom. The number of nitrogens with one attached hydrogen (secondary N) is 1. The third-order valence-electron chi connectivity index (χ3n) is 6.36. The first-order chi connectivity index (χ1) is 16.2. The van der Waals surface area contributed by atoms with Crippen LogP contribution in [0.25, 0.3) is 11.4 Å². The summed E-state index contributed by atoms with van der Waals surface area (Å²) in [5.41, 5.74) is 0.973. The molecule has 0 saturated heterocycles. The van der Waals surface area contributed by atoms with Crippen LogP contribution in [0.4, 0.5) is 17.6 Å². The molecule has 0 unspecified atom stereocenters. The number of halogens is 4. The fourth-order valence-electron chi connectivity index (χ4n) is 4.56. The van der Waals surface area contributed by atoms with E-state index < -0.39 is 17.8 Å². The summed E-state index contributed by atoms with van der Waals surface area (Å²) in [6.45, 7) is 0.262. The first kappa shape index (κ1) is 24.3. The molecule has 0 amide bonds. The highest BCUT2D eigenvalue weighted by Crippen LogP contribution is 2.35. The summed E-state index contributed by atoms with van der Waals surface area (Å²) in [5.74, 6) is -0.681. The third-order valence-corrected chi connectivity index (χ3v) is 6.36. The van der Waals surface area contributed by atoms with E-state index in [1.807, 2.05) is 0 Å². The van der Waals surface area contributed by atoms with E-state index in [-0.39, 0.29) is 41.7 Å². The number of aromatic nitrogens is 2. The molecule has 1 fully saturated rings. The fraction of sp³-hybridized carbons (Fsp3) is 0.360. The molecule has 0 radical (unpaired) electrons. The van der Waals surface area contributed by atoms with Crippen LogP contribution in [0.2, 0.25) is 0 Å². The number of aliphatic hydroxyl groups is 2. The average Bonchev–Trinajstić information content (AvgIpc) is 3.12. The van der Waals surface area contributed by atoms with Crippen LogP contribution in [-0.4, -0.2) is 38.9 Å². The number of hydrogen-bond donors (Lipinski definition) is 3. The molecule has 0 bridgehead atoms. The molecule has 2 aromatic carbocycles. The minimum atomic E-state index is -4.47. The third kappa shape index (κ3) is 5.60. The summed E-state index contributed by atoms with van der Waals surface area (Å²) in [5, 5.41) is 23.8. The Morgan fingerprint density at radius 1 is 1.03 bits per heavy atom. The van der Waals surface area contributed by atoms with Crippen molar-refractivity contribution in [3.8, 4) is 11.4 Å². The zero-order valence-electron chi connectivity index (χ0n) is 18.2. The Labute approximate surface area is 194 Å². The fourth-order valence-corrected chi connectivity index (χ4v) is 4.56. The highest BCUT2D eigenvalue weighted by molar-refractivity contribution is 5.56. The predicted octanol–water partition coefficient (Wildman–Crippen LogP) is 3.99. The van der Waals surface area contributed by atoms with Gasteiger partial charge in [0.2, 0.25) is 0 Å². The van der Waals surface area contributed by atoms with Crippen molar-refractivity contribution in [3.63, 3.8) is 0 Å². The normalized spacial score (nSPS) is 22.8. The van der Waals surface area contributed by atoms with Crippen molar-refractivity contribution in [2.45, 2.75) is 37.7 Å². The standard InChI is InChI=1S/C25H25F4N3O2/c26-18-6-4-15(5-7-18)13-31-22-12-23(34)21(14-33)20(22)11-19-8-9-30-24(32-19)16-2-1-3-17(10-16)25(27,28)29/h1-10,20-23,31,33-34H,11-14H2/t20-,21-,22-,23-/m1/s1. The molecule has 1 saturated carbocycles. The highest BCUT2D eigenvalue weighted by atomic mass is 19.4. The summed E-state index contributed by atoms with van der Waals surface area (Å²) in [7, 11) is 0. The van der Waals surface area contributed by atoms with Crippen molar-refractivity contribution < 1.29 is 27.8 Å². The van der Waals surface area contributed by atoms with Gasteiger partial charge in [-0.1, -0.05) is 24.3 Å². The Bertz CT molecular complexity index is 1110. The molecular formula is C25H25F4N3O2. The van der Waals surface area contributed by atoms with Gasteiger partial charge in [0, 0.05) is 42.6 Å². The lowest BCUT2D eigenvalue weighted by molar-refractivity contribution is -0.137. The number of aliphatic hydroxyl groups excluding tert-OH is 2. The zero-order chi connectivity index (χ0) is 24.3. The molecule has 34 heavy (non-hydrogen) atoms. The highest BCUT2D eigenvalue weighted by Gasteiger charge is 2.42.